The van der Waals surface area contributed by atoms with Gasteiger partial charge in [-0.05, 0) is 25.0 Å². The normalized spacial score (nSPS) is 10.6. The van der Waals surface area contributed by atoms with E-state index >= 15 is 0 Å². The minimum Gasteiger partial charge on any atom is -0.433 e. The van der Waals surface area contributed by atoms with E-state index in [0.717, 1.165) is 12.8 Å². The molecule has 0 heterocycles. The quantitative estimate of drug-likeness (QED) is 0.831. The Hall–Kier alpha value is -1.85. The molecule has 0 bridgehead atoms. The maximum Gasteiger partial charge on any atom is 0.387 e. The highest BCUT2D eigenvalue weighted by molar-refractivity contribution is 5.91. The van der Waals surface area contributed by atoms with E-state index in [2.05, 4.69) is 15.4 Å². The molecule has 0 aliphatic heterocycles. The summed E-state index contributed by atoms with van der Waals surface area (Å²) in [5, 5.41) is 5.26. The van der Waals surface area contributed by atoms with Gasteiger partial charge in [0.1, 0.15) is 5.75 Å². The summed E-state index contributed by atoms with van der Waals surface area (Å²) in [6, 6.07) is 5.69. The van der Waals surface area contributed by atoms with Crippen molar-refractivity contribution in [2.24, 2.45) is 0 Å². The van der Waals surface area contributed by atoms with Crippen LogP contribution in [0.1, 0.15) is 26.7 Å². The van der Waals surface area contributed by atoms with Gasteiger partial charge >= 0.3 is 12.6 Å². The lowest BCUT2D eigenvalue weighted by molar-refractivity contribution is -0.0493. The Kier molecular flexibility index (Phi) is 6.05. The van der Waals surface area contributed by atoms with Gasteiger partial charge in [0.15, 0.2) is 0 Å². The first-order valence-corrected chi connectivity index (χ1v) is 6.18. The summed E-state index contributed by atoms with van der Waals surface area (Å²) in [7, 11) is 0. The van der Waals surface area contributed by atoms with Crippen molar-refractivity contribution in [3.05, 3.63) is 24.3 Å². The predicted molar refractivity (Wildman–Crippen MR) is 69.6 cm³/mol. The summed E-state index contributed by atoms with van der Waals surface area (Å²) in [6.45, 7) is 0.995. The highest BCUT2D eigenvalue weighted by Gasteiger charge is 2.13. The first-order valence-electron chi connectivity index (χ1n) is 6.18. The number of halogens is 2. The van der Waals surface area contributed by atoms with Gasteiger partial charge in [-0.3, -0.25) is 0 Å². The van der Waals surface area contributed by atoms with E-state index in [1.54, 1.807) is 12.1 Å². The topological polar surface area (TPSA) is 50.4 Å². The van der Waals surface area contributed by atoms with Crippen molar-refractivity contribution in [1.82, 2.24) is 5.32 Å². The van der Waals surface area contributed by atoms with Crippen LogP contribution in [0.15, 0.2) is 24.3 Å². The minimum absolute atomic E-state index is 0.0582. The zero-order valence-corrected chi connectivity index (χ0v) is 11.0. The van der Waals surface area contributed by atoms with Gasteiger partial charge < -0.3 is 15.4 Å². The van der Waals surface area contributed by atoms with E-state index in [1.165, 1.54) is 12.1 Å². The van der Waals surface area contributed by atoms with Gasteiger partial charge in [0.05, 0.1) is 5.69 Å². The third-order valence-corrected chi connectivity index (χ3v) is 2.67. The number of rotatable bonds is 6. The van der Waals surface area contributed by atoms with Gasteiger partial charge in [0.2, 0.25) is 0 Å². The van der Waals surface area contributed by atoms with Crippen molar-refractivity contribution in [2.75, 3.05) is 5.32 Å². The predicted octanol–water partition coefficient (Wildman–Crippen LogP) is 3.60. The highest BCUT2D eigenvalue weighted by atomic mass is 19.3. The second-order valence-electron chi connectivity index (χ2n) is 3.99. The zero-order valence-electron chi connectivity index (χ0n) is 11.0. The zero-order chi connectivity index (χ0) is 14.3. The van der Waals surface area contributed by atoms with E-state index in [0.29, 0.717) is 0 Å². The van der Waals surface area contributed by atoms with Gasteiger partial charge in [0, 0.05) is 6.04 Å². The SMILES string of the molecule is CCC(CC)NC(=O)Nc1ccccc1OC(F)F. The Morgan fingerprint density at radius 1 is 1.26 bits per heavy atom. The van der Waals surface area contributed by atoms with E-state index in [-0.39, 0.29) is 17.5 Å². The summed E-state index contributed by atoms with van der Waals surface area (Å²) in [6.07, 6.45) is 1.61. The lowest BCUT2D eigenvalue weighted by atomic mass is 10.2. The molecule has 1 rings (SSSR count). The minimum atomic E-state index is -2.93. The van der Waals surface area contributed by atoms with Crippen LogP contribution in [0.25, 0.3) is 0 Å². The summed E-state index contributed by atoms with van der Waals surface area (Å²) < 4.78 is 28.7. The second kappa shape index (κ2) is 7.56. The maximum atomic E-state index is 12.2. The van der Waals surface area contributed by atoms with Crippen LogP contribution in [0.3, 0.4) is 0 Å². The van der Waals surface area contributed by atoms with Gasteiger partial charge in [-0.2, -0.15) is 8.78 Å². The average molecular weight is 272 g/mol. The number of amides is 2. The monoisotopic (exact) mass is 272 g/mol. The highest BCUT2D eigenvalue weighted by Crippen LogP contribution is 2.25. The van der Waals surface area contributed by atoms with Crippen LogP contribution < -0.4 is 15.4 Å². The summed E-state index contributed by atoms with van der Waals surface area (Å²) in [5.74, 6) is -0.0582. The van der Waals surface area contributed by atoms with Crippen LogP contribution in [-0.2, 0) is 0 Å². The van der Waals surface area contributed by atoms with Crippen LogP contribution in [0, 0.1) is 0 Å². The summed E-state index contributed by atoms with van der Waals surface area (Å²) in [5.41, 5.74) is 0.214. The first kappa shape index (κ1) is 15.2. The number of hydrogen-bond donors (Lipinski definition) is 2. The van der Waals surface area contributed by atoms with Crippen LogP contribution in [0.5, 0.6) is 5.75 Å². The molecule has 2 N–H and O–H groups in total. The van der Waals surface area contributed by atoms with Crippen molar-refractivity contribution in [2.45, 2.75) is 39.3 Å². The fourth-order valence-corrected chi connectivity index (χ4v) is 1.61. The molecule has 0 aliphatic rings. The lowest BCUT2D eigenvalue weighted by Crippen LogP contribution is -2.37. The molecule has 0 atom stereocenters. The molecule has 0 saturated carbocycles. The number of anilines is 1. The van der Waals surface area contributed by atoms with E-state index in [1.807, 2.05) is 13.8 Å². The fraction of sp³-hybridized carbons (Fsp3) is 0.462. The molecule has 0 spiro atoms. The van der Waals surface area contributed by atoms with E-state index in [4.69, 9.17) is 0 Å². The summed E-state index contributed by atoms with van der Waals surface area (Å²) in [4.78, 5) is 11.7. The number of hydrogen-bond acceptors (Lipinski definition) is 2. The molecule has 2 amide bonds. The van der Waals surface area contributed by atoms with Crippen LogP contribution >= 0.6 is 0 Å². The Labute approximate surface area is 111 Å². The molecule has 1 aromatic rings. The molecule has 0 fully saturated rings. The lowest BCUT2D eigenvalue weighted by Gasteiger charge is -2.16. The van der Waals surface area contributed by atoms with Crippen molar-refractivity contribution < 1.29 is 18.3 Å². The Morgan fingerprint density at radius 3 is 2.47 bits per heavy atom. The molecule has 0 aliphatic carbocycles. The maximum absolute atomic E-state index is 12.2. The number of carbonyl (C=O) groups is 1. The molecular weight excluding hydrogens is 254 g/mol. The molecule has 106 valence electrons. The standard InChI is InChI=1S/C13H18F2N2O2/c1-3-9(4-2)16-13(18)17-10-7-5-6-8-11(10)19-12(14)15/h5-9,12H,3-4H2,1-2H3,(H2,16,17,18). The van der Waals surface area contributed by atoms with Crippen molar-refractivity contribution in [3.63, 3.8) is 0 Å². The Morgan fingerprint density at radius 2 is 1.89 bits per heavy atom. The van der Waals surface area contributed by atoms with Crippen molar-refractivity contribution >= 4 is 11.7 Å². The van der Waals surface area contributed by atoms with Gasteiger partial charge in [-0.1, -0.05) is 26.0 Å². The molecule has 6 heteroatoms. The number of alkyl halides is 2. The van der Waals surface area contributed by atoms with Gasteiger partial charge in [-0.15, -0.1) is 0 Å². The number of para-hydroxylation sites is 2. The van der Waals surface area contributed by atoms with Crippen LogP contribution in [0.4, 0.5) is 19.3 Å². The molecule has 1 aromatic carbocycles. The average Bonchev–Trinajstić information content (AvgIpc) is 2.37. The van der Waals surface area contributed by atoms with E-state index < -0.39 is 12.6 Å². The largest absolute Gasteiger partial charge is 0.433 e. The number of carbonyl (C=O) groups excluding carboxylic acids is 1. The number of benzene rings is 1. The molecule has 0 radical (unpaired) electrons. The number of ether oxygens (including phenoxy) is 1. The second-order valence-corrected chi connectivity index (χ2v) is 3.99. The van der Waals surface area contributed by atoms with Gasteiger partial charge in [-0.25, -0.2) is 4.79 Å². The Balaban J connectivity index is 2.68. The molecule has 4 nitrogen and oxygen atoms in total. The van der Waals surface area contributed by atoms with Crippen LogP contribution in [0.2, 0.25) is 0 Å². The summed E-state index contributed by atoms with van der Waals surface area (Å²) >= 11 is 0. The smallest absolute Gasteiger partial charge is 0.387 e. The molecular formula is C13H18F2N2O2. The number of urea groups is 1. The van der Waals surface area contributed by atoms with Crippen molar-refractivity contribution in [3.8, 4) is 5.75 Å². The molecule has 19 heavy (non-hydrogen) atoms. The first-order chi connectivity index (χ1) is 9.06. The molecule has 0 unspecified atom stereocenters. The number of nitrogens with one attached hydrogen (secondary N) is 2. The van der Waals surface area contributed by atoms with Gasteiger partial charge in [0.25, 0.3) is 0 Å². The molecule has 0 saturated heterocycles. The molecule has 0 aromatic heterocycles. The fourth-order valence-electron chi connectivity index (χ4n) is 1.61. The van der Waals surface area contributed by atoms with E-state index in [9.17, 15) is 13.6 Å². The van der Waals surface area contributed by atoms with Crippen LogP contribution in [-0.4, -0.2) is 18.7 Å². The van der Waals surface area contributed by atoms with Crippen molar-refractivity contribution in [1.29, 1.82) is 0 Å². The third-order valence-electron chi connectivity index (χ3n) is 2.67. The Bertz CT molecular complexity index is 409. The third kappa shape index (κ3) is 5.11.